The molecule has 18 nitrogen and oxygen atoms in total. The van der Waals surface area contributed by atoms with Gasteiger partial charge in [0.1, 0.15) is 5.78 Å². The molecular formula is C35H59N3O15. The summed E-state index contributed by atoms with van der Waals surface area (Å²) in [6, 6.07) is -1.57. The van der Waals surface area contributed by atoms with Crippen molar-refractivity contribution in [2.45, 2.75) is 139 Å². The van der Waals surface area contributed by atoms with Crippen LogP contribution in [0.15, 0.2) is 0 Å². The Labute approximate surface area is 310 Å². The third-order valence-electron chi connectivity index (χ3n) is 6.65. The van der Waals surface area contributed by atoms with Crippen LogP contribution in [0.4, 0.5) is 0 Å². The van der Waals surface area contributed by atoms with E-state index in [1.165, 1.54) is 27.7 Å². The average molecular weight is 762 g/mol. The van der Waals surface area contributed by atoms with Gasteiger partial charge in [0.25, 0.3) is 0 Å². The zero-order valence-corrected chi connectivity index (χ0v) is 32.4. The van der Waals surface area contributed by atoms with Crippen LogP contribution in [0, 0.1) is 17.8 Å². The summed E-state index contributed by atoms with van der Waals surface area (Å²) >= 11 is 0. The van der Waals surface area contributed by atoms with Crippen molar-refractivity contribution in [1.82, 2.24) is 16.0 Å². The van der Waals surface area contributed by atoms with Crippen molar-refractivity contribution in [2.75, 3.05) is 0 Å². The van der Waals surface area contributed by atoms with Crippen molar-refractivity contribution in [3.63, 3.8) is 0 Å². The topological polar surface area (TPSA) is 305 Å². The molecule has 0 radical (unpaired) electrons. The maximum absolute atomic E-state index is 11.2. The number of amides is 3. The van der Waals surface area contributed by atoms with E-state index in [2.05, 4.69) is 16.0 Å². The summed E-state index contributed by atoms with van der Waals surface area (Å²) in [5, 5.41) is 40.7. The van der Waals surface area contributed by atoms with E-state index in [4.69, 9.17) is 20.4 Å². The zero-order valence-electron chi connectivity index (χ0n) is 32.4. The monoisotopic (exact) mass is 761 g/mol. The molecule has 0 spiro atoms. The summed E-state index contributed by atoms with van der Waals surface area (Å²) in [4.78, 5) is 118. The van der Waals surface area contributed by atoms with Crippen LogP contribution < -0.4 is 16.0 Å². The van der Waals surface area contributed by atoms with Crippen molar-refractivity contribution >= 4 is 64.7 Å². The van der Waals surface area contributed by atoms with Crippen molar-refractivity contribution in [3.8, 4) is 0 Å². The molecule has 53 heavy (non-hydrogen) atoms. The molecule has 0 aromatic heterocycles. The lowest BCUT2D eigenvalue weighted by Gasteiger charge is -2.19. The lowest BCUT2D eigenvalue weighted by Crippen LogP contribution is -2.43. The van der Waals surface area contributed by atoms with E-state index in [1.807, 2.05) is 41.5 Å². The highest BCUT2D eigenvalue weighted by Gasteiger charge is 2.22. The Balaban J connectivity index is -0.000000309. The van der Waals surface area contributed by atoms with Crippen molar-refractivity contribution in [2.24, 2.45) is 17.8 Å². The van der Waals surface area contributed by atoms with Gasteiger partial charge in [-0.3, -0.25) is 47.9 Å². The van der Waals surface area contributed by atoms with Crippen LogP contribution in [0.5, 0.6) is 0 Å². The van der Waals surface area contributed by atoms with E-state index >= 15 is 0 Å². The fourth-order valence-electron chi connectivity index (χ4n) is 3.89. The highest BCUT2D eigenvalue weighted by atomic mass is 16.4. The number of carboxylic acids is 4. The Morgan fingerprint density at radius 2 is 0.547 bits per heavy atom. The maximum atomic E-state index is 11.2. The first-order chi connectivity index (χ1) is 24.1. The van der Waals surface area contributed by atoms with E-state index in [0.29, 0.717) is 0 Å². The largest absolute Gasteiger partial charge is 0.481 e. The molecule has 3 amide bonds. The van der Waals surface area contributed by atoms with Crippen molar-refractivity contribution in [1.29, 1.82) is 0 Å². The summed E-state index contributed by atoms with van der Waals surface area (Å²) < 4.78 is 0. The minimum atomic E-state index is -1.02. The van der Waals surface area contributed by atoms with Crippen LogP contribution in [0.2, 0.25) is 0 Å². The lowest BCUT2D eigenvalue weighted by atomic mass is 10.0. The van der Waals surface area contributed by atoms with E-state index in [1.54, 1.807) is 0 Å². The molecule has 0 aliphatic rings. The molecule has 0 bridgehead atoms. The molecule has 304 valence electrons. The van der Waals surface area contributed by atoms with Gasteiger partial charge in [-0.05, 0) is 45.4 Å². The maximum Gasteiger partial charge on any atom is 0.303 e. The standard InChI is InChI=1S/3C10H17NO4.C5H8O3/c3*1-6(2)10(7(3)12)11-8(13)4-5-9(14)15;1-4(6)2-3-5(7)8/h3*6,10H,4-5H2,1-3H3,(H,11,13)(H,14,15);2-3H2,1H3,(H,7,8)/t3*10-;/m000./s1. The lowest BCUT2D eigenvalue weighted by molar-refractivity contribution is -0.139. The molecule has 0 aliphatic carbocycles. The third-order valence-corrected chi connectivity index (χ3v) is 6.65. The Kier molecular flexibility index (Phi) is 31.6. The van der Waals surface area contributed by atoms with Gasteiger partial charge in [-0.15, -0.1) is 0 Å². The van der Waals surface area contributed by atoms with Crippen LogP contribution in [0.3, 0.4) is 0 Å². The van der Waals surface area contributed by atoms with Gasteiger partial charge >= 0.3 is 23.9 Å². The number of rotatable bonds is 21. The summed E-state index contributed by atoms with van der Waals surface area (Å²) in [6.45, 7) is 16.5. The average Bonchev–Trinajstić information content (AvgIpc) is 3.00. The molecule has 0 saturated heterocycles. The number of hydrogen-bond donors (Lipinski definition) is 7. The second kappa shape index (κ2) is 30.6. The fourth-order valence-corrected chi connectivity index (χ4v) is 3.89. The minimum absolute atomic E-state index is 0.0104. The molecule has 0 unspecified atom stereocenters. The van der Waals surface area contributed by atoms with Crippen molar-refractivity contribution < 1.29 is 73.2 Å². The first-order valence-corrected chi connectivity index (χ1v) is 16.9. The molecule has 18 heteroatoms. The fraction of sp³-hybridized carbons (Fsp3) is 0.686. The van der Waals surface area contributed by atoms with Gasteiger partial charge in [-0.2, -0.15) is 0 Å². The molecule has 7 N–H and O–H groups in total. The number of nitrogens with one attached hydrogen (secondary N) is 3. The van der Waals surface area contributed by atoms with E-state index in [9.17, 15) is 52.7 Å². The summed E-state index contributed by atoms with van der Waals surface area (Å²) in [7, 11) is 0. The summed E-state index contributed by atoms with van der Waals surface area (Å²) in [5.74, 6) is -5.56. The van der Waals surface area contributed by atoms with Crippen LogP contribution in [-0.2, 0) is 52.7 Å². The smallest absolute Gasteiger partial charge is 0.303 e. The number of carbonyl (C=O) groups is 11. The van der Waals surface area contributed by atoms with E-state index in [0.717, 1.165) is 0 Å². The second-order valence-electron chi connectivity index (χ2n) is 13.0. The highest BCUT2D eigenvalue weighted by Crippen LogP contribution is 2.05. The van der Waals surface area contributed by atoms with Gasteiger partial charge in [0.15, 0.2) is 17.3 Å². The third kappa shape index (κ3) is 36.6. The normalized spacial score (nSPS) is 11.7. The van der Waals surface area contributed by atoms with Crippen LogP contribution in [0.25, 0.3) is 0 Å². The number of carbonyl (C=O) groups excluding carboxylic acids is 7. The predicted octanol–water partition coefficient (Wildman–Crippen LogP) is 2.18. The van der Waals surface area contributed by atoms with E-state index in [-0.39, 0.29) is 92.3 Å². The zero-order chi connectivity index (χ0) is 42.6. The molecule has 0 aromatic carbocycles. The highest BCUT2D eigenvalue weighted by molar-refractivity contribution is 5.90. The molecule has 0 aliphatic heterocycles. The molecule has 0 rings (SSSR count). The summed E-state index contributed by atoms with van der Waals surface area (Å²) in [6.07, 6.45) is -0.814. The van der Waals surface area contributed by atoms with Gasteiger partial charge in [0.2, 0.25) is 17.7 Å². The second-order valence-corrected chi connectivity index (χ2v) is 13.0. The van der Waals surface area contributed by atoms with Gasteiger partial charge in [0.05, 0.1) is 43.8 Å². The Morgan fingerprint density at radius 3 is 0.660 bits per heavy atom. The number of aliphatic carboxylic acids is 4. The van der Waals surface area contributed by atoms with Gasteiger partial charge < -0.3 is 41.2 Å². The Bertz CT molecular complexity index is 1120. The quantitative estimate of drug-likeness (QED) is 0.0882. The molecule has 0 aromatic rings. The Hall–Kier alpha value is -5.03. The van der Waals surface area contributed by atoms with Gasteiger partial charge in [0, 0.05) is 25.7 Å². The van der Waals surface area contributed by atoms with Crippen LogP contribution >= 0.6 is 0 Å². The van der Waals surface area contributed by atoms with Crippen LogP contribution in [0.1, 0.15) is 121 Å². The van der Waals surface area contributed by atoms with Crippen LogP contribution in [-0.4, -0.2) is 103 Å². The van der Waals surface area contributed by atoms with Crippen molar-refractivity contribution in [3.05, 3.63) is 0 Å². The predicted molar refractivity (Wildman–Crippen MR) is 191 cm³/mol. The molecule has 0 fully saturated rings. The minimum Gasteiger partial charge on any atom is -0.481 e. The number of ketones is 4. The molecule has 0 saturated carbocycles. The first-order valence-electron chi connectivity index (χ1n) is 16.9. The molecule has 0 heterocycles. The van der Waals surface area contributed by atoms with Gasteiger partial charge in [-0.1, -0.05) is 41.5 Å². The Morgan fingerprint density at radius 1 is 0.358 bits per heavy atom. The number of hydrogen-bond acceptors (Lipinski definition) is 11. The van der Waals surface area contributed by atoms with E-state index < -0.39 is 59.7 Å². The molecule has 3 atom stereocenters. The number of Topliss-reactive ketones (excluding diaryl/α,β-unsaturated/α-hetero) is 4. The molecular weight excluding hydrogens is 702 g/mol. The van der Waals surface area contributed by atoms with Gasteiger partial charge in [-0.25, -0.2) is 0 Å². The number of carboxylic acid groups (broad SMARTS) is 4. The summed E-state index contributed by atoms with van der Waals surface area (Å²) in [5.41, 5.74) is 0. The first kappa shape index (κ1) is 54.7. The SMILES string of the molecule is CC(=O)CCC(=O)O.CC(=O)[C@@H](NC(=O)CCC(=O)O)C(C)C.CC(=O)[C@@H](NC(=O)CCC(=O)O)C(C)C.CC(=O)[C@@H](NC(=O)CCC(=O)O)C(C)C.